The van der Waals surface area contributed by atoms with Gasteiger partial charge in [-0.2, -0.15) is 0 Å². The van der Waals surface area contributed by atoms with Crippen LogP contribution in [0.25, 0.3) is 0 Å². The number of carbonyl (C=O) groups is 2. The van der Waals surface area contributed by atoms with Crippen molar-refractivity contribution in [3.63, 3.8) is 0 Å². The van der Waals surface area contributed by atoms with Crippen LogP contribution < -0.4 is 5.32 Å². The third-order valence-electron chi connectivity index (χ3n) is 4.80. The minimum Gasteiger partial charge on any atom is -0.454 e. The Labute approximate surface area is 157 Å². The number of nitrogens with zero attached hydrogens (tertiary/aromatic N) is 2. The van der Waals surface area contributed by atoms with Crippen molar-refractivity contribution in [1.82, 2.24) is 10.2 Å². The summed E-state index contributed by atoms with van der Waals surface area (Å²) in [6.07, 6.45) is 8.70. The maximum atomic E-state index is 12.8. The molecule has 138 valence electrons. The summed E-state index contributed by atoms with van der Waals surface area (Å²) >= 11 is 5.30. The average Bonchev–Trinajstić information content (AvgIpc) is 3.30. The first-order chi connectivity index (χ1) is 12.6. The lowest BCUT2D eigenvalue weighted by Gasteiger charge is -2.30. The molecule has 0 aromatic heterocycles. The summed E-state index contributed by atoms with van der Waals surface area (Å²) in [6.45, 7) is 0.681. The molecule has 0 bridgehead atoms. The first-order valence-corrected chi connectivity index (χ1v) is 9.45. The Hall–Kier alpha value is -2.22. The van der Waals surface area contributed by atoms with Gasteiger partial charge in [-0.15, -0.1) is 0 Å². The highest BCUT2D eigenvalue weighted by Crippen LogP contribution is 2.31. The molecule has 1 saturated carbocycles. The normalized spacial score (nSPS) is 23.9. The molecule has 2 aliphatic heterocycles. The first kappa shape index (κ1) is 17.2. The van der Waals surface area contributed by atoms with Crippen molar-refractivity contribution in [2.45, 2.75) is 44.6 Å². The number of fused-ring (bicyclic) bond motifs is 2. The monoisotopic (exact) mass is 375 g/mol. The largest absolute Gasteiger partial charge is 0.454 e. The van der Waals surface area contributed by atoms with Crippen molar-refractivity contribution in [1.29, 1.82) is 0 Å². The van der Waals surface area contributed by atoms with Crippen molar-refractivity contribution >= 4 is 34.9 Å². The Bertz CT molecular complexity index is 739. The van der Waals surface area contributed by atoms with E-state index in [1.54, 1.807) is 17.1 Å². The van der Waals surface area contributed by atoms with Gasteiger partial charge < -0.3 is 14.8 Å². The molecular weight excluding hydrogens is 354 g/mol. The lowest BCUT2D eigenvalue weighted by Crippen LogP contribution is -2.46. The molecule has 2 aliphatic carbocycles. The third-order valence-corrected chi connectivity index (χ3v) is 5.11. The molecule has 4 aliphatic rings. The Morgan fingerprint density at radius 2 is 2.08 bits per heavy atom. The Morgan fingerprint density at radius 3 is 2.88 bits per heavy atom. The van der Waals surface area contributed by atoms with Gasteiger partial charge in [0.25, 0.3) is 0 Å². The van der Waals surface area contributed by atoms with Gasteiger partial charge in [0.15, 0.2) is 11.5 Å². The summed E-state index contributed by atoms with van der Waals surface area (Å²) in [5.74, 6) is 0.781. The maximum absolute atomic E-state index is 12.8. The van der Waals surface area contributed by atoms with Crippen molar-refractivity contribution in [3.8, 4) is 0 Å². The number of rotatable bonds is 7. The van der Waals surface area contributed by atoms with E-state index in [9.17, 15) is 9.59 Å². The average molecular weight is 375 g/mol. The number of hydrogen-bond acceptors (Lipinski definition) is 5. The van der Waals surface area contributed by atoms with Gasteiger partial charge in [0.05, 0.1) is 5.71 Å². The third kappa shape index (κ3) is 3.65. The van der Waals surface area contributed by atoms with Crippen LogP contribution in [0.1, 0.15) is 38.5 Å². The number of nitrogens with one attached hydrogen (secondary N) is 1. The van der Waals surface area contributed by atoms with E-state index in [0.717, 1.165) is 32.1 Å². The molecule has 2 heterocycles. The quantitative estimate of drug-likeness (QED) is 0.542. The summed E-state index contributed by atoms with van der Waals surface area (Å²) in [7, 11) is 0. The molecule has 0 spiro atoms. The highest BCUT2D eigenvalue weighted by molar-refractivity contribution is 7.80. The number of thiocarbonyl (C=S) groups is 1. The topological polar surface area (TPSA) is 80.2 Å². The van der Waals surface area contributed by atoms with Gasteiger partial charge >= 0.3 is 0 Å². The molecule has 7 nitrogen and oxygen atoms in total. The molecule has 0 aromatic carbocycles. The van der Waals surface area contributed by atoms with Gasteiger partial charge in [-0.25, -0.2) is 4.99 Å². The van der Waals surface area contributed by atoms with E-state index in [0.29, 0.717) is 41.3 Å². The van der Waals surface area contributed by atoms with E-state index in [1.165, 1.54) is 0 Å². The van der Waals surface area contributed by atoms with Crippen molar-refractivity contribution in [3.05, 3.63) is 23.7 Å². The molecule has 8 heteroatoms. The number of carbonyl (C=O) groups excluding carboxylic acids is 2. The Kier molecular flexibility index (Phi) is 4.76. The Balaban J connectivity index is 1.28. The molecular formula is C18H21N3O4S. The molecule has 1 N–H and O–H groups in total. The van der Waals surface area contributed by atoms with Crippen molar-refractivity contribution in [2.24, 2.45) is 10.9 Å². The molecule has 1 atom stereocenters. The minimum atomic E-state index is -0.466. The number of allylic oxidation sites excluding steroid dienone is 1. The number of amides is 2. The number of unbranched alkanes of at least 4 members (excludes halogenated alkanes) is 2. The molecule has 0 radical (unpaired) electrons. The van der Waals surface area contributed by atoms with Gasteiger partial charge in [-0.1, -0.05) is 6.42 Å². The van der Waals surface area contributed by atoms with E-state index in [4.69, 9.17) is 21.7 Å². The van der Waals surface area contributed by atoms with Crippen molar-refractivity contribution in [2.75, 3.05) is 13.3 Å². The maximum Gasteiger partial charge on any atom is 0.241 e. The van der Waals surface area contributed by atoms with Gasteiger partial charge in [0.1, 0.15) is 5.92 Å². The predicted octanol–water partition coefficient (Wildman–Crippen LogP) is 1.80. The smallest absolute Gasteiger partial charge is 0.241 e. The van der Waals surface area contributed by atoms with Crippen LogP contribution >= 0.6 is 12.2 Å². The summed E-state index contributed by atoms with van der Waals surface area (Å²) in [5, 5.41) is 3.27. The van der Waals surface area contributed by atoms with Gasteiger partial charge in [-0.05, 0) is 44.0 Å². The van der Waals surface area contributed by atoms with Crippen LogP contribution in [0.2, 0.25) is 0 Å². The predicted molar refractivity (Wildman–Crippen MR) is 98.1 cm³/mol. The summed E-state index contributed by atoms with van der Waals surface area (Å²) in [6, 6.07) is 0.409. The van der Waals surface area contributed by atoms with Crippen molar-refractivity contribution < 1.29 is 19.1 Å². The highest BCUT2D eigenvalue weighted by Gasteiger charge is 2.38. The fraction of sp³-hybridized carbons (Fsp3) is 0.556. The summed E-state index contributed by atoms with van der Waals surface area (Å²) < 4.78 is 10.7. The van der Waals surface area contributed by atoms with Crippen LogP contribution in [-0.4, -0.2) is 46.9 Å². The van der Waals surface area contributed by atoms with Crippen LogP contribution in [0.15, 0.2) is 28.7 Å². The highest BCUT2D eigenvalue weighted by atomic mass is 32.1. The van der Waals surface area contributed by atoms with Gasteiger partial charge in [-0.3, -0.25) is 14.5 Å². The summed E-state index contributed by atoms with van der Waals surface area (Å²) in [5.41, 5.74) is 0.609. The number of aliphatic imine (C=N–C) groups is 1. The van der Waals surface area contributed by atoms with E-state index < -0.39 is 5.92 Å². The second-order valence-electron chi connectivity index (χ2n) is 6.89. The Morgan fingerprint density at radius 1 is 1.27 bits per heavy atom. The van der Waals surface area contributed by atoms with Crippen LogP contribution in [0.3, 0.4) is 0 Å². The lowest BCUT2D eigenvalue weighted by molar-refractivity contribution is -0.128. The fourth-order valence-electron chi connectivity index (χ4n) is 3.20. The van der Waals surface area contributed by atoms with Crippen LogP contribution in [0, 0.1) is 5.92 Å². The molecule has 2 fully saturated rings. The fourth-order valence-corrected chi connectivity index (χ4v) is 3.49. The zero-order chi connectivity index (χ0) is 18.1. The molecule has 0 aromatic rings. The zero-order valence-corrected chi connectivity index (χ0v) is 15.2. The van der Waals surface area contributed by atoms with E-state index in [1.807, 2.05) is 0 Å². The molecule has 4 rings (SSSR count). The molecule has 26 heavy (non-hydrogen) atoms. The SMILES string of the molecule is O=C(CCCCCN1C(=O)C2C=C3OCOC3=CC2=NC1=S)NC1CC1. The van der Waals surface area contributed by atoms with Crippen LogP contribution in [0.5, 0.6) is 0 Å². The molecule has 1 unspecified atom stereocenters. The second-order valence-corrected chi connectivity index (χ2v) is 7.25. The lowest BCUT2D eigenvalue weighted by atomic mass is 9.93. The minimum absolute atomic E-state index is 0.0789. The standard InChI is InChI=1S/C18H21N3O4S/c22-16(19-11-5-6-11)4-2-1-3-7-21-17(23)12-8-14-15(25-10-24-14)9-13(12)20-18(21)26/h8-9,11-12H,1-7,10H2,(H,19,22). The molecule has 1 saturated heterocycles. The van der Waals surface area contributed by atoms with Gasteiger partial charge in [0.2, 0.25) is 23.7 Å². The van der Waals surface area contributed by atoms with Gasteiger partial charge in [0, 0.05) is 25.1 Å². The first-order valence-electron chi connectivity index (χ1n) is 9.04. The number of hydrogen-bond donors (Lipinski definition) is 1. The second kappa shape index (κ2) is 7.19. The van der Waals surface area contributed by atoms with Crippen LogP contribution in [0.4, 0.5) is 0 Å². The summed E-state index contributed by atoms with van der Waals surface area (Å²) in [4.78, 5) is 30.4. The van der Waals surface area contributed by atoms with E-state index in [2.05, 4.69) is 10.3 Å². The van der Waals surface area contributed by atoms with E-state index >= 15 is 0 Å². The zero-order valence-electron chi connectivity index (χ0n) is 14.4. The van der Waals surface area contributed by atoms with Crippen LogP contribution in [-0.2, 0) is 19.1 Å². The van der Waals surface area contributed by atoms with E-state index in [-0.39, 0.29) is 18.6 Å². The number of ether oxygens (including phenoxy) is 2. The molecule has 2 amide bonds.